The Morgan fingerprint density at radius 2 is 1.82 bits per heavy atom. The van der Waals surface area contributed by atoms with Gasteiger partial charge in [-0.3, -0.25) is 29.0 Å². The Bertz CT molecular complexity index is 1340. The number of amides is 5. The van der Waals surface area contributed by atoms with Crippen LogP contribution in [0.15, 0.2) is 36.4 Å². The van der Waals surface area contributed by atoms with Crippen LogP contribution in [-0.2, 0) is 23.9 Å². The van der Waals surface area contributed by atoms with E-state index in [0.717, 1.165) is 16.2 Å². The summed E-state index contributed by atoms with van der Waals surface area (Å²) in [6.07, 6.45) is -1.58. The summed E-state index contributed by atoms with van der Waals surface area (Å²) in [7, 11) is 0. The molecule has 2 aromatic rings. The zero-order valence-electron chi connectivity index (χ0n) is 24.0. The van der Waals surface area contributed by atoms with E-state index >= 15 is 0 Å². The van der Waals surface area contributed by atoms with Gasteiger partial charge in [0.15, 0.2) is 0 Å². The van der Waals surface area contributed by atoms with E-state index < -0.39 is 42.1 Å². The van der Waals surface area contributed by atoms with Crippen LogP contribution in [0.25, 0.3) is 0 Å². The van der Waals surface area contributed by atoms with E-state index in [1.807, 2.05) is 0 Å². The van der Waals surface area contributed by atoms with E-state index in [1.54, 1.807) is 35.2 Å². The van der Waals surface area contributed by atoms with E-state index in [4.69, 9.17) is 26.8 Å². The summed E-state index contributed by atoms with van der Waals surface area (Å²) in [5.41, 5.74) is 6.83. The van der Waals surface area contributed by atoms with Crippen LogP contribution in [-0.4, -0.2) is 97.4 Å². The van der Waals surface area contributed by atoms with Crippen LogP contribution in [0.2, 0.25) is 4.34 Å². The third-order valence-electron chi connectivity index (χ3n) is 6.99. The Morgan fingerprint density at radius 3 is 2.43 bits per heavy atom. The predicted molar refractivity (Wildman–Crippen MR) is 166 cm³/mol. The first-order valence-corrected chi connectivity index (χ1v) is 15.0. The molecule has 5 amide bonds. The quantitative estimate of drug-likeness (QED) is 0.286. The molecule has 0 unspecified atom stereocenters. The molecule has 0 saturated carbocycles. The molecule has 2 fully saturated rings. The summed E-state index contributed by atoms with van der Waals surface area (Å²) < 4.78 is 11.1. The molecule has 2 aliphatic rings. The first-order valence-electron chi connectivity index (χ1n) is 13.8. The molecule has 1 aromatic heterocycles. The molecule has 0 bridgehead atoms. The van der Waals surface area contributed by atoms with Gasteiger partial charge in [-0.15, -0.1) is 23.7 Å². The van der Waals surface area contributed by atoms with Crippen molar-refractivity contribution in [2.24, 2.45) is 5.73 Å². The number of aliphatic hydroxyl groups excluding tert-OH is 1. The lowest BCUT2D eigenvalue weighted by atomic mass is 10.1. The first-order chi connectivity index (χ1) is 20.5. The molecular weight excluding hydrogens is 637 g/mol. The highest BCUT2D eigenvalue weighted by Gasteiger charge is 2.36. The standard InChI is InChI=1S/C28H34ClN5O8S.ClH/c1-17(35)25(30)26(38)31-11-3-2-4-23(36)34(27(39)21-9-10-22(29)43-21)15-20-14-33(28(40)42-20)19-7-5-18(6-8-19)32-12-13-41-16-24(32)37;/h5-10,17,20,25,35H,2-4,11-16,30H2,1H3,(H,31,38);1H/t17-,20+,25-;/m0./s1. The number of aliphatic hydroxyl groups is 1. The Kier molecular flexibility index (Phi) is 12.9. The maximum atomic E-state index is 13.3. The molecule has 16 heteroatoms. The van der Waals surface area contributed by atoms with Gasteiger partial charge in [0.25, 0.3) is 11.8 Å². The van der Waals surface area contributed by atoms with E-state index in [0.29, 0.717) is 41.7 Å². The number of nitrogens with one attached hydrogen (secondary N) is 1. The van der Waals surface area contributed by atoms with Crippen molar-refractivity contribution in [2.45, 2.75) is 44.4 Å². The van der Waals surface area contributed by atoms with Crippen LogP contribution >= 0.6 is 35.3 Å². The van der Waals surface area contributed by atoms with Gasteiger partial charge in [-0.25, -0.2) is 4.79 Å². The molecule has 4 rings (SSSR count). The lowest BCUT2D eigenvalue weighted by Crippen LogP contribution is -2.47. The SMILES string of the molecule is C[C@H](O)[C@H](N)C(=O)NCCCCC(=O)N(C[C@H]1CN(c2ccc(N3CCOCC3=O)cc2)C(=O)O1)C(=O)c1ccc(Cl)s1.Cl. The minimum absolute atomic E-state index is 0. The summed E-state index contributed by atoms with van der Waals surface area (Å²) in [4.78, 5) is 67.7. The normalized spacial score (nSPS) is 17.9. The van der Waals surface area contributed by atoms with Gasteiger partial charge in [0.2, 0.25) is 11.8 Å². The molecule has 44 heavy (non-hydrogen) atoms. The van der Waals surface area contributed by atoms with Crippen LogP contribution in [0.5, 0.6) is 0 Å². The molecule has 0 radical (unpaired) electrons. The number of hydrogen-bond donors (Lipinski definition) is 3. The summed E-state index contributed by atoms with van der Waals surface area (Å²) in [6, 6.07) is 8.93. The lowest BCUT2D eigenvalue weighted by Gasteiger charge is -2.27. The third-order valence-corrected chi connectivity index (χ3v) is 8.21. The van der Waals surface area contributed by atoms with Gasteiger partial charge < -0.3 is 30.5 Å². The number of carbonyl (C=O) groups excluding carboxylic acids is 5. The van der Waals surface area contributed by atoms with E-state index in [-0.39, 0.29) is 55.9 Å². The first kappa shape index (κ1) is 35.2. The van der Waals surface area contributed by atoms with Crippen LogP contribution in [0.4, 0.5) is 16.2 Å². The van der Waals surface area contributed by atoms with Gasteiger partial charge >= 0.3 is 6.09 Å². The summed E-state index contributed by atoms with van der Waals surface area (Å²) in [5.74, 6) is -1.65. The lowest BCUT2D eigenvalue weighted by molar-refractivity contribution is -0.129. The maximum Gasteiger partial charge on any atom is 0.414 e. The number of nitrogens with zero attached hydrogens (tertiary/aromatic N) is 3. The van der Waals surface area contributed by atoms with Gasteiger partial charge in [0.1, 0.15) is 18.8 Å². The second-order valence-corrected chi connectivity index (χ2v) is 11.9. The molecule has 3 heterocycles. The van der Waals surface area contributed by atoms with Crippen molar-refractivity contribution in [3.63, 3.8) is 0 Å². The number of thiophene rings is 1. The van der Waals surface area contributed by atoms with Gasteiger partial charge in [-0.05, 0) is 56.2 Å². The fourth-order valence-corrected chi connectivity index (χ4v) is 5.57. The van der Waals surface area contributed by atoms with Crippen molar-refractivity contribution in [1.82, 2.24) is 10.2 Å². The summed E-state index contributed by atoms with van der Waals surface area (Å²) >= 11 is 7.06. The molecule has 4 N–H and O–H groups in total. The summed E-state index contributed by atoms with van der Waals surface area (Å²) in [6.45, 7) is 2.50. The van der Waals surface area contributed by atoms with Crippen LogP contribution in [0.3, 0.4) is 0 Å². The molecule has 0 aliphatic carbocycles. The van der Waals surface area contributed by atoms with E-state index in [2.05, 4.69) is 5.32 Å². The van der Waals surface area contributed by atoms with Gasteiger partial charge in [-0.1, -0.05) is 11.6 Å². The number of nitrogens with two attached hydrogens (primary N) is 1. The molecule has 2 aliphatic heterocycles. The number of unbranched alkanes of at least 4 members (excludes halogenated alkanes) is 1. The number of hydrogen-bond acceptors (Lipinski definition) is 10. The van der Waals surface area contributed by atoms with Crippen molar-refractivity contribution in [3.8, 4) is 0 Å². The monoisotopic (exact) mass is 671 g/mol. The van der Waals surface area contributed by atoms with E-state index in [9.17, 15) is 29.1 Å². The highest BCUT2D eigenvalue weighted by molar-refractivity contribution is 7.18. The zero-order valence-corrected chi connectivity index (χ0v) is 26.4. The Labute approximate surface area is 269 Å². The number of ether oxygens (including phenoxy) is 2. The van der Waals surface area contributed by atoms with Gasteiger partial charge in [0, 0.05) is 30.9 Å². The van der Waals surface area contributed by atoms with Crippen molar-refractivity contribution < 1.29 is 38.6 Å². The van der Waals surface area contributed by atoms with Crippen LogP contribution < -0.4 is 20.9 Å². The largest absolute Gasteiger partial charge is 0.442 e. The molecule has 2 saturated heterocycles. The smallest absolute Gasteiger partial charge is 0.414 e. The molecule has 0 spiro atoms. The van der Waals surface area contributed by atoms with Gasteiger partial charge in [0.05, 0.1) is 35.0 Å². The number of halogens is 2. The van der Waals surface area contributed by atoms with Crippen molar-refractivity contribution in [2.75, 3.05) is 49.2 Å². The number of imide groups is 1. The Balaban J connectivity index is 0.00000529. The Hall–Kier alpha value is -3.27. The number of anilines is 2. The molecule has 240 valence electrons. The third kappa shape index (κ3) is 8.89. The molecule has 3 atom stereocenters. The minimum Gasteiger partial charge on any atom is -0.442 e. The average molecular weight is 673 g/mol. The van der Waals surface area contributed by atoms with Gasteiger partial charge in [-0.2, -0.15) is 0 Å². The van der Waals surface area contributed by atoms with E-state index in [1.165, 1.54) is 17.9 Å². The topological polar surface area (TPSA) is 172 Å². The summed E-state index contributed by atoms with van der Waals surface area (Å²) in [5, 5.41) is 12.0. The fraction of sp³-hybridized carbons (Fsp3) is 0.464. The number of cyclic esters (lactones) is 1. The highest BCUT2D eigenvalue weighted by Crippen LogP contribution is 2.27. The molecule has 13 nitrogen and oxygen atoms in total. The predicted octanol–water partition coefficient (Wildman–Crippen LogP) is 2.18. The fourth-order valence-electron chi connectivity index (χ4n) is 4.58. The Morgan fingerprint density at radius 1 is 1.14 bits per heavy atom. The number of rotatable bonds is 12. The molecular formula is C28H35Cl2N5O8S. The second kappa shape index (κ2) is 16.2. The second-order valence-electron chi connectivity index (χ2n) is 10.2. The minimum atomic E-state index is -1.05. The zero-order chi connectivity index (χ0) is 31.1. The van der Waals surface area contributed by atoms with Crippen molar-refractivity contribution in [1.29, 1.82) is 0 Å². The highest BCUT2D eigenvalue weighted by atomic mass is 35.5. The molecule has 1 aromatic carbocycles. The van der Waals surface area contributed by atoms with Crippen molar-refractivity contribution >= 4 is 76.4 Å². The maximum absolute atomic E-state index is 13.3. The van der Waals surface area contributed by atoms with Crippen LogP contribution in [0, 0.1) is 0 Å². The number of morpholine rings is 1. The number of benzene rings is 1. The van der Waals surface area contributed by atoms with Crippen molar-refractivity contribution in [3.05, 3.63) is 45.6 Å². The number of carbonyl (C=O) groups is 5. The van der Waals surface area contributed by atoms with Crippen LogP contribution in [0.1, 0.15) is 35.9 Å². The average Bonchev–Trinajstić information content (AvgIpc) is 3.59.